The maximum atomic E-state index is 11.3. The van der Waals surface area contributed by atoms with Crippen LogP contribution < -0.4 is 5.73 Å². The van der Waals surface area contributed by atoms with E-state index in [0.29, 0.717) is 17.3 Å². The number of nitrogen functional groups attached to an aromatic ring is 1. The highest BCUT2D eigenvalue weighted by Gasteiger charge is 2.13. The molecule has 0 aliphatic rings. The number of carbonyl (C=O) groups excluding carboxylic acids is 1. The molecule has 0 amide bonds. The predicted octanol–water partition coefficient (Wildman–Crippen LogP) is 1.38. The van der Waals surface area contributed by atoms with Gasteiger partial charge in [0.2, 0.25) is 0 Å². The highest BCUT2D eigenvalue weighted by atomic mass is 32.1. The van der Waals surface area contributed by atoms with Crippen LogP contribution in [0.3, 0.4) is 0 Å². The maximum Gasteiger partial charge on any atom is 0.348 e. The summed E-state index contributed by atoms with van der Waals surface area (Å²) in [5, 5.41) is 6.55. The highest BCUT2D eigenvalue weighted by Crippen LogP contribution is 2.28. The number of esters is 1. The minimum absolute atomic E-state index is 0.318. The van der Waals surface area contributed by atoms with Gasteiger partial charge in [-0.05, 0) is 13.0 Å². The molecular weight excluding hydrogens is 202 g/mol. The Morgan fingerprint density at radius 1 is 1.79 bits per heavy atom. The van der Waals surface area contributed by atoms with Gasteiger partial charge >= 0.3 is 5.97 Å². The van der Waals surface area contributed by atoms with Crippen molar-refractivity contribution in [3.05, 3.63) is 10.9 Å². The van der Waals surface area contributed by atoms with Crippen LogP contribution in [0.15, 0.2) is 6.07 Å². The van der Waals surface area contributed by atoms with E-state index >= 15 is 0 Å². The summed E-state index contributed by atoms with van der Waals surface area (Å²) in [7, 11) is 0. The van der Waals surface area contributed by atoms with Crippen LogP contribution in [0.1, 0.15) is 16.6 Å². The van der Waals surface area contributed by atoms with Gasteiger partial charge in [0.1, 0.15) is 4.88 Å². The average Bonchev–Trinajstić information content (AvgIpc) is 2.69. The minimum Gasteiger partial charge on any atom is -0.462 e. The van der Waals surface area contributed by atoms with Crippen molar-refractivity contribution < 1.29 is 9.53 Å². The molecule has 74 valence electrons. The molecule has 0 unspecified atom stereocenters. The molecule has 2 rings (SSSR count). The molecule has 2 heterocycles. The van der Waals surface area contributed by atoms with Gasteiger partial charge in [0.25, 0.3) is 0 Å². The first-order valence-electron chi connectivity index (χ1n) is 4.13. The van der Waals surface area contributed by atoms with E-state index in [0.717, 1.165) is 10.2 Å². The monoisotopic (exact) mass is 211 g/mol. The van der Waals surface area contributed by atoms with Gasteiger partial charge in [-0.1, -0.05) is 0 Å². The fourth-order valence-electron chi connectivity index (χ4n) is 1.14. The van der Waals surface area contributed by atoms with Gasteiger partial charge < -0.3 is 10.5 Å². The van der Waals surface area contributed by atoms with Gasteiger partial charge in [-0.25, -0.2) is 4.79 Å². The number of thiophene rings is 1. The van der Waals surface area contributed by atoms with Crippen LogP contribution in [0, 0.1) is 0 Å². The van der Waals surface area contributed by atoms with Crippen LogP contribution in [0.2, 0.25) is 0 Å². The van der Waals surface area contributed by atoms with Crippen molar-refractivity contribution in [2.75, 3.05) is 12.3 Å². The number of hydrogen-bond donors (Lipinski definition) is 2. The zero-order valence-electron chi connectivity index (χ0n) is 7.53. The standard InChI is InChI=1S/C8H9N3O2S/c1-2-13-8(12)5-3-4-6(14-5)7(9)11-10-4/h3H,2H2,1H3,(H3,9,10,11). The second-order valence-electron chi connectivity index (χ2n) is 2.68. The summed E-state index contributed by atoms with van der Waals surface area (Å²) < 4.78 is 5.66. The van der Waals surface area contributed by atoms with E-state index in [1.807, 2.05) is 0 Å². The van der Waals surface area contributed by atoms with E-state index in [9.17, 15) is 4.79 Å². The number of rotatable bonds is 2. The number of H-pyrrole nitrogens is 1. The number of nitrogens with zero attached hydrogens (tertiary/aromatic N) is 1. The topological polar surface area (TPSA) is 81.0 Å². The lowest BCUT2D eigenvalue weighted by atomic mass is 10.4. The zero-order chi connectivity index (χ0) is 10.1. The molecule has 0 fully saturated rings. The number of anilines is 1. The molecular formula is C8H9N3O2S. The van der Waals surface area contributed by atoms with E-state index in [4.69, 9.17) is 10.5 Å². The fourth-order valence-corrected chi connectivity index (χ4v) is 2.04. The van der Waals surface area contributed by atoms with E-state index < -0.39 is 0 Å². The number of nitrogens with two attached hydrogens (primary N) is 1. The fraction of sp³-hybridized carbons (Fsp3) is 0.250. The van der Waals surface area contributed by atoms with E-state index in [1.54, 1.807) is 13.0 Å². The molecule has 0 aromatic carbocycles. The summed E-state index contributed by atoms with van der Waals surface area (Å²) in [5.41, 5.74) is 6.35. The number of aromatic nitrogens is 2. The lowest BCUT2D eigenvalue weighted by Gasteiger charge is -1.96. The predicted molar refractivity (Wildman–Crippen MR) is 54.3 cm³/mol. The SMILES string of the molecule is CCOC(=O)c1cc2[nH]nc(N)c2s1. The van der Waals surface area contributed by atoms with Crippen molar-refractivity contribution in [2.24, 2.45) is 0 Å². The number of ether oxygens (including phenoxy) is 1. The summed E-state index contributed by atoms with van der Waals surface area (Å²) in [6.07, 6.45) is 0. The first kappa shape index (κ1) is 9.01. The zero-order valence-corrected chi connectivity index (χ0v) is 8.35. The first-order valence-corrected chi connectivity index (χ1v) is 4.94. The van der Waals surface area contributed by atoms with Crippen molar-refractivity contribution in [1.82, 2.24) is 10.2 Å². The van der Waals surface area contributed by atoms with Gasteiger partial charge in [0.15, 0.2) is 5.82 Å². The Kier molecular flexibility index (Phi) is 2.12. The van der Waals surface area contributed by atoms with Crippen molar-refractivity contribution in [3.8, 4) is 0 Å². The van der Waals surface area contributed by atoms with Gasteiger partial charge in [-0.3, -0.25) is 5.10 Å². The molecule has 14 heavy (non-hydrogen) atoms. The quantitative estimate of drug-likeness (QED) is 0.735. The van der Waals surface area contributed by atoms with Crippen LogP contribution in [0.4, 0.5) is 5.82 Å². The third-order valence-electron chi connectivity index (χ3n) is 1.74. The molecule has 3 N–H and O–H groups in total. The molecule has 6 heteroatoms. The van der Waals surface area contributed by atoms with Crippen LogP contribution in [-0.4, -0.2) is 22.8 Å². The Balaban J connectivity index is 2.40. The largest absolute Gasteiger partial charge is 0.462 e. The Morgan fingerprint density at radius 3 is 3.21 bits per heavy atom. The molecule has 0 bridgehead atoms. The van der Waals surface area contributed by atoms with Crippen LogP contribution in [0.25, 0.3) is 10.2 Å². The number of hydrogen-bond acceptors (Lipinski definition) is 5. The molecule has 0 saturated heterocycles. The molecule has 5 nitrogen and oxygen atoms in total. The number of fused-ring (bicyclic) bond motifs is 1. The van der Waals surface area contributed by atoms with Crippen LogP contribution in [0.5, 0.6) is 0 Å². The summed E-state index contributed by atoms with van der Waals surface area (Å²) in [5.74, 6) is 0.0991. The third kappa shape index (κ3) is 1.33. The second-order valence-corrected chi connectivity index (χ2v) is 3.73. The third-order valence-corrected chi connectivity index (χ3v) is 2.88. The van der Waals surface area contributed by atoms with Gasteiger partial charge in [-0.15, -0.1) is 11.3 Å². The van der Waals surface area contributed by atoms with Crippen LogP contribution in [-0.2, 0) is 4.74 Å². The Hall–Kier alpha value is -1.56. The average molecular weight is 211 g/mol. The summed E-state index contributed by atoms with van der Waals surface area (Å²) in [6, 6.07) is 1.70. The maximum absolute atomic E-state index is 11.3. The summed E-state index contributed by atoms with van der Waals surface area (Å²) in [6.45, 7) is 2.14. The lowest BCUT2D eigenvalue weighted by Crippen LogP contribution is -2.01. The Morgan fingerprint density at radius 2 is 2.57 bits per heavy atom. The molecule has 2 aromatic heterocycles. The van der Waals surface area contributed by atoms with E-state index in [2.05, 4.69) is 10.2 Å². The summed E-state index contributed by atoms with van der Waals surface area (Å²) in [4.78, 5) is 11.9. The second kappa shape index (κ2) is 3.30. The lowest BCUT2D eigenvalue weighted by molar-refractivity contribution is 0.0532. The van der Waals surface area contributed by atoms with Crippen molar-refractivity contribution in [3.63, 3.8) is 0 Å². The molecule has 0 saturated carbocycles. The molecule has 0 spiro atoms. The molecule has 0 atom stereocenters. The molecule has 2 aromatic rings. The summed E-state index contributed by atoms with van der Waals surface area (Å²) >= 11 is 1.29. The van der Waals surface area contributed by atoms with Crippen LogP contribution >= 0.6 is 11.3 Å². The number of aromatic amines is 1. The number of carbonyl (C=O) groups is 1. The smallest absolute Gasteiger partial charge is 0.348 e. The minimum atomic E-state index is -0.318. The van der Waals surface area contributed by atoms with Crippen molar-refractivity contribution in [2.45, 2.75) is 6.92 Å². The van der Waals surface area contributed by atoms with Gasteiger partial charge in [-0.2, -0.15) is 5.10 Å². The Labute approximate surface area is 83.9 Å². The van der Waals surface area contributed by atoms with Gasteiger partial charge in [0.05, 0.1) is 16.8 Å². The number of nitrogens with one attached hydrogen (secondary N) is 1. The van der Waals surface area contributed by atoms with Gasteiger partial charge in [0, 0.05) is 0 Å². The molecule has 0 aliphatic carbocycles. The van der Waals surface area contributed by atoms with E-state index in [-0.39, 0.29) is 5.97 Å². The van der Waals surface area contributed by atoms with E-state index in [1.165, 1.54) is 11.3 Å². The molecule has 0 aliphatic heterocycles. The highest BCUT2D eigenvalue weighted by molar-refractivity contribution is 7.21. The van der Waals surface area contributed by atoms with Crippen molar-refractivity contribution >= 4 is 33.3 Å². The Bertz CT molecular complexity index is 474. The first-order chi connectivity index (χ1) is 6.72. The normalized spacial score (nSPS) is 10.6. The molecule has 0 radical (unpaired) electrons. The van der Waals surface area contributed by atoms with Crippen molar-refractivity contribution in [1.29, 1.82) is 0 Å².